The lowest BCUT2D eigenvalue weighted by Crippen LogP contribution is -2.26. The maximum atomic E-state index is 12.3. The van der Waals surface area contributed by atoms with Crippen molar-refractivity contribution in [2.45, 2.75) is 13.2 Å². The average Bonchev–Trinajstić information content (AvgIpc) is 3.22. The lowest BCUT2D eigenvalue weighted by Gasteiger charge is -2.10. The van der Waals surface area contributed by atoms with E-state index in [2.05, 4.69) is 26.3 Å². The third-order valence-corrected chi connectivity index (χ3v) is 4.73. The smallest absolute Gasteiger partial charge is 0.271 e. The first kappa shape index (κ1) is 20.7. The van der Waals surface area contributed by atoms with Crippen molar-refractivity contribution in [2.75, 3.05) is 20.8 Å². The topological polar surface area (TPSA) is 74.6 Å². The number of ether oxygens (including phenoxy) is 3. The minimum atomic E-state index is -0.229. The van der Waals surface area contributed by atoms with E-state index in [1.54, 1.807) is 31.2 Å². The Labute approximate surface area is 177 Å². The standard InChI is InChI=1S/C21H22BrN3O4/c1-27-19-8-3-15(13-20(19)28-2)9-11-23-21(26)18-10-12-25(24-18)14-29-17-6-4-16(22)5-7-17/h3-8,10,12-13H,9,11,14H2,1-2H3,(H,23,26). The van der Waals surface area contributed by atoms with Crippen molar-refractivity contribution >= 4 is 21.8 Å². The number of aromatic nitrogens is 2. The maximum Gasteiger partial charge on any atom is 0.271 e. The first-order chi connectivity index (χ1) is 14.1. The van der Waals surface area contributed by atoms with Crippen LogP contribution in [0.1, 0.15) is 16.1 Å². The molecule has 0 bridgehead atoms. The zero-order valence-electron chi connectivity index (χ0n) is 16.2. The highest BCUT2D eigenvalue weighted by Crippen LogP contribution is 2.27. The average molecular weight is 460 g/mol. The fraction of sp³-hybridized carbons (Fsp3) is 0.238. The molecule has 3 aromatic rings. The molecule has 3 rings (SSSR count). The van der Waals surface area contributed by atoms with Crippen LogP contribution in [0.3, 0.4) is 0 Å². The molecule has 0 radical (unpaired) electrons. The quantitative estimate of drug-likeness (QED) is 0.528. The molecule has 1 aromatic heterocycles. The van der Waals surface area contributed by atoms with Crippen molar-refractivity contribution < 1.29 is 19.0 Å². The van der Waals surface area contributed by atoms with Crippen LogP contribution in [-0.2, 0) is 13.2 Å². The third kappa shape index (κ3) is 5.74. The van der Waals surface area contributed by atoms with E-state index in [1.165, 1.54) is 0 Å². The molecule has 8 heteroatoms. The molecule has 0 unspecified atom stereocenters. The molecule has 0 aliphatic carbocycles. The zero-order valence-corrected chi connectivity index (χ0v) is 17.8. The molecule has 7 nitrogen and oxygen atoms in total. The van der Waals surface area contributed by atoms with E-state index in [0.29, 0.717) is 30.2 Å². The molecular formula is C21H22BrN3O4. The van der Waals surface area contributed by atoms with E-state index in [4.69, 9.17) is 14.2 Å². The molecule has 0 fully saturated rings. The Morgan fingerprint density at radius 3 is 2.55 bits per heavy atom. The summed E-state index contributed by atoms with van der Waals surface area (Å²) in [4.78, 5) is 12.3. The third-order valence-electron chi connectivity index (χ3n) is 4.20. The summed E-state index contributed by atoms with van der Waals surface area (Å²) >= 11 is 3.38. The van der Waals surface area contributed by atoms with Crippen LogP contribution >= 0.6 is 15.9 Å². The molecule has 0 saturated heterocycles. The monoisotopic (exact) mass is 459 g/mol. The number of hydrogen-bond acceptors (Lipinski definition) is 5. The van der Waals surface area contributed by atoms with E-state index in [9.17, 15) is 4.79 Å². The van der Waals surface area contributed by atoms with Gasteiger partial charge in [0.15, 0.2) is 18.2 Å². The van der Waals surface area contributed by atoms with Gasteiger partial charge in [-0.1, -0.05) is 22.0 Å². The normalized spacial score (nSPS) is 10.4. The van der Waals surface area contributed by atoms with Crippen LogP contribution in [0.15, 0.2) is 59.2 Å². The van der Waals surface area contributed by atoms with Gasteiger partial charge in [0.05, 0.1) is 14.2 Å². The fourth-order valence-corrected chi connectivity index (χ4v) is 2.94. The van der Waals surface area contributed by atoms with Crippen LogP contribution in [0.25, 0.3) is 0 Å². The first-order valence-electron chi connectivity index (χ1n) is 9.00. The summed E-state index contributed by atoms with van der Waals surface area (Å²) in [6, 6.07) is 14.9. The van der Waals surface area contributed by atoms with E-state index in [-0.39, 0.29) is 12.6 Å². The first-order valence-corrected chi connectivity index (χ1v) is 9.79. The number of carbonyl (C=O) groups is 1. The molecule has 1 N–H and O–H groups in total. The van der Waals surface area contributed by atoms with Crippen molar-refractivity contribution in [3.05, 3.63) is 70.5 Å². The number of nitrogens with one attached hydrogen (secondary N) is 1. The highest BCUT2D eigenvalue weighted by Gasteiger charge is 2.10. The second kappa shape index (κ2) is 9.97. The Hall–Kier alpha value is -3.00. The highest BCUT2D eigenvalue weighted by atomic mass is 79.9. The number of amides is 1. The zero-order chi connectivity index (χ0) is 20.6. The van der Waals surface area contributed by atoms with Crippen molar-refractivity contribution in [1.82, 2.24) is 15.1 Å². The number of rotatable bonds is 9. The Balaban J connectivity index is 1.48. The van der Waals surface area contributed by atoms with Crippen LogP contribution in [0, 0.1) is 0 Å². The van der Waals surface area contributed by atoms with Crippen LogP contribution < -0.4 is 19.5 Å². The van der Waals surface area contributed by atoms with Crippen LogP contribution in [0.2, 0.25) is 0 Å². The highest BCUT2D eigenvalue weighted by molar-refractivity contribution is 9.10. The second-order valence-electron chi connectivity index (χ2n) is 6.16. The Morgan fingerprint density at radius 2 is 1.83 bits per heavy atom. The van der Waals surface area contributed by atoms with E-state index in [0.717, 1.165) is 15.8 Å². The lowest BCUT2D eigenvalue weighted by atomic mass is 10.1. The summed E-state index contributed by atoms with van der Waals surface area (Å²) in [7, 11) is 3.20. The summed E-state index contributed by atoms with van der Waals surface area (Å²) in [6.45, 7) is 0.705. The summed E-state index contributed by atoms with van der Waals surface area (Å²) in [5.41, 5.74) is 1.38. The van der Waals surface area contributed by atoms with Gasteiger partial charge in [0.2, 0.25) is 0 Å². The molecule has 0 aliphatic rings. The van der Waals surface area contributed by atoms with Gasteiger partial charge >= 0.3 is 0 Å². The van der Waals surface area contributed by atoms with Crippen molar-refractivity contribution in [2.24, 2.45) is 0 Å². The largest absolute Gasteiger partial charge is 0.493 e. The number of methoxy groups -OCH3 is 2. The van der Waals surface area contributed by atoms with E-state index in [1.807, 2.05) is 42.5 Å². The van der Waals surface area contributed by atoms with Gasteiger partial charge in [0, 0.05) is 17.2 Å². The Morgan fingerprint density at radius 1 is 1.07 bits per heavy atom. The summed E-state index contributed by atoms with van der Waals surface area (Å²) in [5, 5.41) is 7.13. The number of halogens is 1. The minimum Gasteiger partial charge on any atom is -0.493 e. The van der Waals surface area contributed by atoms with Gasteiger partial charge in [-0.15, -0.1) is 0 Å². The van der Waals surface area contributed by atoms with Gasteiger partial charge in [0.1, 0.15) is 11.4 Å². The molecule has 0 saturated carbocycles. The van der Waals surface area contributed by atoms with Gasteiger partial charge in [-0.05, 0) is 54.4 Å². The van der Waals surface area contributed by atoms with Gasteiger partial charge in [-0.25, -0.2) is 4.68 Å². The molecule has 0 atom stereocenters. The van der Waals surface area contributed by atoms with Crippen LogP contribution in [-0.4, -0.2) is 36.5 Å². The number of hydrogen-bond donors (Lipinski definition) is 1. The SMILES string of the molecule is COc1ccc(CCNC(=O)c2ccn(COc3ccc(Br)cc3)n2)cc1OC. The van der Waals surface area contributed by atoms with Crippen LogP contribution in [0.5, 0.6) is 17.2 Å². The number of nitrogens with zero attached hydrogens (tertiary/aromatic N) is 2. The van der Waals surface area contributed by atoms with Crippen molar-refractivity contribution in [3.63, 3.8) is 0 Å². The summed E-state index contributed by atoms with van der Waals surface area (Å²) in [5.74, 6) is 1.84. The summed E-state index contributed by atoms with van der Waals surface area (Å²) < 4.78 is 18.7. The van der Waals surface area contributed by atoms with Gasteiger partial charge in [0.25, 0.3) is 5.91 Å². The summed E-state index contributed by atoms with van der Waals surface area (Å²) in [6.07, 6.45) is 2.38. The number of carbonyl (C=O) groups excluding carboxylic acids is 1. The molecule has 1 heterocycles. The predicted octanol–water partition coefficient (Wildman–Crippen LogP) is 3.67. The minimum absolute atomic E-state index is 0.223. The molecule has 0 spiro atoms. The Bertz CT molecular complexity index is 957. The molecule has 152 valence electrons. The number of benzene rings is 2. The molecule has 0 aliphatic heterocycles. The van der Waals surface area contributed by atoms with Crippen molar-refractivity contribution in [1.29, 1.82) is 0 Å². The second-order valence-corrected chi connectivity index (χ2v) is 7.08. The van der Waals surface area contributed by atoms with Gasteiger partial charge in [-0.2, -0.15) is 5.10 Å². The van der Waals surface area contributed by atoms with Crippen molar-refractivity contribution in [3.8, 4) is 17.2 Å². The molecule has 1 amide bonds. The predicted molar refractivity (Wildman–Crippen MR) is 113 cm³/mol. The molecule has 29 heavy (non-hydrogen) atoms. The maximum absolute atomic E-state index is 12.3. The van der Waals surface area contributed by atoms with Gasteiger partial charge in [-0.3, -0.25) is 4.79 Å². The Kier molecular flexibility index (Phi) is 7.13. The lowest BCUT2D eigenvalue weighted by molar-refractivity contribution is 0.0947. The molecule has 2 aromatic carbocycles. The van der Waals surface area contributed by atoms with E-state index < -0.39 is 0 Å². The fourth-order valence-electron chi connectivity index (χ4n) is 2.67. The van der Waals surface area contributed by atoms with Crippen LogP contribution in [0.4, 0.5) is 0 Å². The van der Waals surface area contributed by atoms with Gasteiger partial charge < -0.3 is 19.5 Å². The molecular weight excluding hydrogens is 438 g/mol. The van der Waals surface area contributed by atoms with E-state index >= 15 is 0 Å².